The van der Waals surface area contributed by atoms with E-state index in [9.17, 15) is 8.42 Å². The summed E-state index contributed by atoms with van der Waals surface area (Å²) in [6.45, 7) is 2.38. The Morgan fingerprint density at radius 1 is 1.46 bits per heavy atom. The average Bonchev–Trinajstić information content (AvgIpc) is 2.18. The number of nitrogens with one attached hydrogen (secondary N) is 1. The zero-order valence-electron chi connectivity index (χ0n) is 8.12. The molecule has 78 valence electrons. The van der Waals surface area contributed by atoms with E-state index in [4.69, 9.17) is 4.74 Å². The molecule has 4 nitrogen and oxygen atoms in total. The minimum atomic E-state index is -3.17. The molecule has 0 amide bonds. The minimum absolute atomic E-state index is 0.133. The van der Waals surface area contributed by atoms with Crippen molar-refractivity contribution in [1.29, 1.82) is 0 Å². The van der Waals surface area contributed by atoms with Crippen molar-refractivity contribution in [2.75, 3.05) is 13.7 Å². The van der Waals surface area contributed by atoms with Crippen molar-refractivity contribution in [1.82, 2.24) is 4.72 Å². The van der Waals surface area contributed by atoms with Gasteiger partial charge in [-0.3, -0.25) is 0 Å². The van der Waals surface area contributed by atoms with Gasteiger partial charge >= 0.3 is 0 Å². The van der Waals surface area contributed by atoms with Crippen molar-refractivity contribution in [2.24, 2.45) is 0 Å². The van der Waals surface area contributed by atoms with Crippen molar-refractivity contribution < 1.29 is 13.2 Å². The largest absolute Gasteiger partial charge is 0.377 e. The van der Waals surface area contributed by atoms with E-state index >= 15 is 0 Å². The molecule has 0 radical (unpaired) electrons. The molecule has 0 aliphatic carbocycles. The molecule has 2 atom stereocenters. The minimum Gasteiger partial charge on any atom is -0.377 e. The number of hydrogen-bond donors (Lipinski definition) is 1. The third kappa shape index (κ3) is 2.65. The van der Waals surface area contributed by atoms with Crippen molar-refractivity contribution in [3.8, 4) is 0 Å². The van der Waals surface area contributed by atoms with Gasteiger partial charge in [0, 0.05) is 6.61 Å². The molecule has 1 rings (SSSR count). The molecule has 0 spiro atoms. The van der Waals surface area contributed by atoms with Gasteiger partial charge in [0.15, 0.2) is 0 Å². The molecule has 1 aliphatic rings. The lowest BCUT2D eigenvalue weighted by Crippen LogP contribution is -2.41. The third-order valence-corrected chi connectivity index (χ3v) is 4.36. The molecule has 0 aromatic rings. The van der Waals surface area contributed by atoms with Crippen LogP contribution in [-0.2, 0) is 14.8 Å². The summed E-state index contributed by atoms with van der Waals surface area (Å²) in [6.07, 6.45) is 2.82. The molecule has 1 heterocycles. The SMILES string of the molecule is CNS(=O)(=O)C(C)C1CCCCO1. The second kappa shape index (κ2) is 4.39. The predicted molar refractivity (Wildman–Crippen MR) is 51.0 cm³/mol. The van der Waals surface area contributed by atoms with Crippen LogP contribution in [0.1, 0.15) is 26.2 Å². The maximum absolute atomic E-state index is 11.4. The number of ether oxygens (including phenoxy) is 1. The summed E-state index contributed by atoms with van der Waals surface area (Å²) in [5.74, 6) is 0. The highest BCUT2D eigenvalue weighted by molar-refractivity contribution is 7.90. The number of rotatable bonds is 3. The maximum atomic E-state index is 11.4. The normalized spacial score (nSPS) is 27.1. The van der Waals surface area contributed by atoms with Gasteiger partial charge in [-0.05, 0) is 33.2 Å². The molecule has 1 aliphatic heterocycles. The van der Waals surface area contributed by atoms with E-state index in [0.717, 1.165) is 19.3 Å². The smallest absolute Gasteiger partial charge is 0.216 e. The Labute approximate surface area is 79.7 Å². The van der Waals surface area contributed by atoms with E-state index < -0.39 is 15.3 Å². The van der Waals surface area contributed by atoms with E-state index in [1.807, 2.05) is 0 Å². The van der Waals surface area contributed by atoms with Crippen LogP contribution < -0.4 is 4.72 Å². The Morgan fingerprint density at radius 2 is 2.15 bits per heavy atom. The van der Waals surface area contributed by atoms with Gasteiger partial charge in [0.05, 0.1) is 11.4 Å². The summed E-state index contributed by atoms with van der Waals surface area (Å²) >= 11 is 0. The van der Waals surface area contributed by atoms with Gasteiger partial charge in [-0.15, -0.1) is 0 Å². The van der Waals surface area contributed by atoms with Crippen molar-refractivity contribution >= 4 is 10.0 Å². The van der Waals surface area contributed by atoms with Crippen LogP contribution in [0.25, 0.3) is 0 Å². The summed E-state index contributed by atoms with van der Waals surface area (Å²) in [5.41, 5.74) is 0. The van der Waals surface area contributed by atoms with Gasteiger partial charge in [0.25, 0.3) is 0 Å². The summed E-state index contributed by atoms with van der Waals surface area (Å²) in [6, 6.07) is 0. The average molecular weight is 207 g/mol. The Morgan fingerprint density at radius 3 is 2.62 bits per heavy atom. The molecular weight excluding hydrogens is 190 g/mol. The molecule has 1 N–H and O–H groups in total. The monoisotopic (exact) mass is 207 g/mol. The van der Waals surface area contributed by atoms with E-state index in [1.54, 1.807) is 6.92 Å². The van der Waals surface area contributed by atoms with Gasteiger partial charge in [0.2, 0.25) is 10.0 Å². The van der Waals surface area contributed by atoms with Crippen LogP contribution in [0.15, 0.2) is 0 Å². The van der Waals surface area contributed by atoms with Crippen molar-refractivity contribution in [3.63, 3.8) is 0 Å². The second-order valence-electron chi connectivity index (χ2n) is 3.36. The van der Waals surface area contributed by atoms with Crippen LogP contribution in [0.3, 0.4) is 0 Å². The van der Waals surface area contributed by atoms with E-state index in [-0.39, 0.29) is 6.10 Å². The molecule has 1 fully saturated rings. The molecule has 0 bridgehead atoms. The first-order valence-corrected chi connectivity index (χ1v) is 6.16. The quantitative estimate of drug-likeness (QED) is 0.733. The topological polar surface area (TPSA) is 55.4 Å². The predicted octanol–water partition coefficient (Wildman–Crippen LogP) is 0.493. The molecule has 13 heavy (non-hydrogen) atoms. The zero-order chi connectivity index (χ0) is 9.90. The summed E-state index contributed by atoms with van der Waals surface area (Å²) in [4.78, 5) is 0. The van der Waals surface area contributed by atoms with Crippen LogP contribution >= 0.6 is 0 Å². The molecule has 0 saturated carbocycles. The summed E-state index contributed by atoms with van der Waals surface area (Å²) in [5, 5.41) is -0.446. The van der Waals surface area contributed by atoms with Gasteiger partial charge in [-0.1, -0.05) is 0 Å². The highest BCUT2D eigenvalue weighted by Gasteiger charge is 2.30. The fourth-order valence-electron chi connectivity index (χ4n) is 1.52. The summed E-state index contributed by atoms with van der Waals surface area (Å²) < 4.78 is 30.6. The van der Waals surface area contributed by atoms with Crippen LogP contribution in [-0.4, -0.2) is 33.4 Å². The van der Waals surface area contributed by atoms with E-state index in [0.29, 0.717) is 6.61 Å². The molecular formula is C8H17NO3S. The zero-order valence-corrected chi connectivity index (χ0v) is 8.93. The number of sulfonamides is 1. The van der Waals surface area contributed by atoms with Crippen molar-refractivity contribution in [3.05, 3.63) is 0 Å². The fraction of sp³-hybridized carbons (Fsp3) is 1.00. The molecule has 5 heteroatoms. The molecule has 0 aromatic carbocycles. The first kappa shape index (κ1) is 10.9. The Hall–Kier alpha value is -0.130. The standard InChI is InChI=1S/C8H17NO3S/c1-7(13(10,11)9-2)8-5-3-4-6-12-8/h7-9H,3-6H2,1-2H3. The Balaban J connectivity index is 2.60. The van der Waals surface area contributed by atoms with Gasteiger partial charge in [-0.2, -0.15) is 0 Å². The highest BCUT2D eigenvalue weighted by Crippen LogP contribution is 2.19. The Bertz CT molecular complexity index is 244. The molecule has 1 saturated heterocycles. The lowest BCUT2D eigenvalue weighted by Gasteiger charge is -2.27. The first-order chi connectivity index (χ1) is 6.08. The van der Waals surface area contributed by atoms with Crippen LogP contribution in [0.4, 0.5) is 0 Å². The van der Waals surface area contributed by atoms with Crippen molar-refractivity contribution in [2.45, 2.75) is 37.5 Å². The summed E-state index contributed by atoms with van der Waals surface area (Å²) in [7, 11) is -1.73. The lowest BCUT2D eigenvalue weighted by atomic mass is 10.1. The van der Waals surface area contributed by atoms with Crippen LogP contribution in [0.5, 0.6) is 0 Å². The highest BCUT2D eigenvalue weighted by atomic mass is 32.2. The fourth-order valence-corrected chi connectivity index (χ4v) is 2.51. The van der Waals surface area contributed by atoms with Gasteiger partial charge < -0.3 is 4.74 Å². The molecule has 0 aromatic heterocycles. The first-order valence-electron chi connectivity index (χ1n) is 4.62. The lowest BCUT2D eigenvalue weighted by molar-refractivity contribution is 0.0162. The number of hydrogen-bond acceptors (Lipinski definition) is 3. The maximum Gasteiger partial charge on any atom is 0.216 e. The Kier molecular flexibility index (Phi) is 3.70. The van der Waals surface area contributed by atoms with Gasteiger partial charge in [-0.25, -0.2) is 13.1 Å². The second-order valence-corrected chi connectivity index (χ2v) is 5.60. The van der Waals surface area contributed by atoms with Crippen LogP contribution in [0, 0.1) is 0 Å². The van der Waals surface area contributed by atoms with Crippen LogP contribution in [0.2, 0.25) is 0 Å². The van der Waals surface area contributed by atoms with E-state index in [1.165, 1.54) is 7.05 Å². The van der Waals surface area contributed by atoms with Gasteiger partial charge in [0.1, 0.15) is 0 Å². The van der Waals surface area contributed by atoms with E-state index in [2.05, 4.69) is 4.72 Å². The molecule has 2 unspecified atom stereocenters. The third-order valence-electron chi connectivity index (χ3n) is 2.51.